The molecule has 0 aliphatic carbocycles. The first-order chi connectivity index (χ1) is 9.13. The van der Waals surface area contributed by atoms with Crippen LogP contribution < -0.4 is 4.74 Å². The predicted octanol–water partition coefficient (Wildman–Crippen LogP) is 3.61. The topological polar surface area (TPSA) is 39.2 Å². The number of aromatic nitrogens is 1. The number of carbonyl (C=O) groups excluding carboxylic acids is 1. The van der Waals surface area contributed by atoms with Crippen LogP contribution in [0.3, 0.4) is 0 Å². The Balaban J connectivity index is 2.38. The summed E-state index contributed by atoms with van der Waals surface area (Å²) in [6.45, 7) is 2.33. The molecule has 1 aromatic heterocycles. The number of carbonyl (C=O) groups is 1. The fraction of sp³-hybridized carbons (Fsp3) is 0.143. The highest BCUT2D eigenvalue weighted by Crippen LogP contribution is 2.24. The zero-order chi connectivity index (χ0) is 13.8. The summed E-state index contributed by atoms with van der Waals surface area (Å²) in [5.41, 5.74) is 0.618. The number of nitrogens with zero attached hydrogens (tertiary/aromatic N) is 1. The van der Waals surface area contributed by atoms with Crippen LogP contribution >= 0.6 is 15.9 Å². The van der Waals surface area contributed by atoms with E-state index in [0.29, 0.717) is 17.9 Å². The Bertz CT molecular complexity index is 616. The van der Waals surface area contributed by atoms with Crippen LogP contribution in [0.2, 0.25) is 0 Å². The molecule has 98 valence electrons. The van der Waals surface area contributed by atoms with E-state index in [2.05, 4.69) is 20.9 Å². The number of ketones is 1. The van der Waals surface area contributed by atoms with Crippen LogP contribution in [0.4, 0.5) is 4.39 Å². The second kappa shape index (κ2) is 5.93. The predicted molar refractivity (Wildman–Crippen MR) is 72.9 cm³/mol. The third-order valence-corrected chi connectivity index (χ3v) is 3.29. The van der Waals surface area contributed by atoms with E-state index in [-0.39, 0.29) is 15.8 Å². The number of halogens is 2. The summed E-state index contributed by atoms with van der Waals surface area (Å²) in [5.74, 6) is -0.263. The molecule has 0 atom stereocenters. The van der Waals surface area contributed by atoms with E-state index in [1.165, 1.54) is 24.5 Å². The molecule has 0 radical (unpaired) electrons. The van der Waals surface area contributed by atoms with Crippen molar-refractivity contribution >= 4 is 21.7 Å². The van der Waals surface area contributed by atoms with Crippen molar-refractivity contribution in [3.8, 4) is 5.75 Å². The van der Waals surface area contributed by atoms with E-state index in [4.69, 9.17) is 4.74 Å². The lowest BCUT2D eigenvalue weighted by atomic mass is 10.0. The molecule has 5 heteroatoms. The molecule has 2 aromatic rings. The van der Waals surface area contributed by atoms with Crippen molar-refractivity contribution < 1.29 is 13.9 Å². The molecule has 1 aromatic carbocycles. The number of hydrogen-bond donors (Lipinski definition) is 0. The number of benzene rings is 1. The zero-order valence-electron chi connectivity index (χ0n) is 10.2. The van der Waals surface area contributed by atoms with Crippen molar-refractivity contribution in [2.45, 2.75) is 6.92 Å². The van der Waals surface area contributed by atoms with E-state index in [1.807, 2.05) is 6.92 Å². The molecule has 1 heterocycles. The van der Waals surface area contributed by atoms with Crippen LogP contribution in [0.25, 0.3) is 0 Å². The molecule has 0 bridgehead atoms. The van der Waals surface area contributed by atoms with Crippen LogP contribution in [-0.2, 0) is 0 Å². The van der Waals surface area contributed by atoms with Gasteiger partial charge in [-0.25, -0.2) is 4.39 Å². The molecule has 0 saturated heterocycles. The van der Waals surface area contributed by atoms with Crippen molar-refractivity contribution in [3.05, 3.63) is 58.1 Å². The van der Waals surface area contributed by atoms with Crippen LogP contribution in [0.15, 0.2) is 41.1 Å². The molecule has 0 amide bonds. The van der Waals surface area contributed by atoms with Gasteiger partial charge >= 0.3 is 0 Å². The van der Waals surface area contributed by atoms with Crippen molar-refractivity contribution in [1.29, 1.82) is 0 Å². The molecule has 0 saturated carbocycles. The van der Waals surface area contributed by atoms with Crippen molar-refractivity contribution in [2.24, 2.45) is 0 Å². The van der Waals surface area contributed by atoms with Crippen molar-refractivity contribution in [1.82, 2.24) is 4.98 Å². The molecule has 3 nitrogen and oxygen atoms in total. The molecule has 0 fully saturated rings. The molecular weight excluding hydrogens is 313 g/mol. The maximum absolute atomic E-state index is 13.4. The summed E-state index contributed by atoms with van der Waals surface area (Å²) in [5, 5.41) is 0. The fourth-order valence-electron chi connectivity index (χ4n) is 1.62. The van der Waals surface area contributed by atoms with E-state index < -0.39 is 5.82 Å². The van der Waals surface area contributed by atoms with Gasteiger partial charge in [0.15, 0.2) is 5.78 Å². The van der Waals surface area contributed by atoms with E-state index in [9.17, 15) is 9.18 Å². The first-order valence-electron chi connectivity index (χ1n) is 5.70. The minimum Gasteiger partial charge on any atom is -0.492 e. The largest absolute Gasteiger partial charge is 0.492 e. The minimum atomic E-state index is -0.472. The molecule has 0 N–H and O–H groups in total. The summed E-state index contributed by atoms with van der Waals surface area (Å²) in [6.07, 6.45) is 2.96. The summed E-state index contributed by atoms with van der Waals surface area (Å²) in [7, 11) is 0. The van der Waals surface area contributed by atoms with Gasteiger partial charge in [0.25, 0.3) is 0 Å². The molecule has 0 aliphatic heterocycles. The van der Waals surface area contributed by atoms with Gasteiger partial charge in [0, 0.05) is 17.3 Å². The third-order valence-electron chi connectivity index (χ3n) is 2.48. The number of ether oxygens (including phenoxy) is 1. The van der Waals surface area contributed by atoms with Gasteiger partial charge in [-0.1, -0.05) is 6.07 Å². The highest BCUT2D eigenvalue weighted by molar-refractivity contribution is 9.10. The standard InChI is InChI=1S/C14H11BrFNO2/c1-2-19-10-6-9(7-17-8-10)14(18)11-4-3-5-12(16)13(11)15/h3-8H,2H2,1H3. The zero-order valence-corrected chi connectivity index (χ0v) is 11.8. The maximum Gasteiger partial charge on any atom is 0.195 e. The molecule has 2 rings (SSSR count). The Morgan fingerprint density at radius 2 is 2.21 bits per heavy atom. The smallest absolute Gasteiger partial charge is 0.195 e. The minimum absolute atomic E-state index is 0.154. The lowest BCUT2D eigenvalue weighted by Gasteiger charge is -2.06. The van der Waals surface area contributed by atoms with Crippen LogP contribution in [0, 0.1) is 5.82 Å². The van der Waals surface area contributed by atoms with Gasteiger partial charge in [-0.05, 0) is 41.1 Å². The van der Waals surface area contributed by atoms with E-state index >= 15 is 0 Å². The lowest BCUT2D eigenvalue weighted by Crippen LogP contribution is -2.05. The van der Waals surface area contributed by atoms with E-state index in [0.717, 1.165) is 0 Å². The van der Waals surface area contributed by atoms with Gasteiger partial charge in [0.1, 0.15) is 11.6 Å². The SMILES string of the molecule is CCOc1cncc(C(=O)c2cccc(F)c2Br)c1. The van der Waals surface area contributed by atoms with Gasteiger partial charge < -0.3 is 4.74 Å². The summed E-state index contributed by atoms with van der Waals surface area (Å²) in [4.78, 5) is 16.2. The molecule has 19 heavy (non-hydrogen) atoms. The Morgan fingerprint density at radius 1 is 1.42 bits per heavy atom. The molecular formula is C14H11BrFNO2. The first kappa shape index (κ1) is 13.7. The second-order valence-corrected chi connectivity index (χ2v) is 4.57. The van der Waals surface area contributed by atoms with Gasteiger partial charge in [-0.3, -0.25) is 9.78 Å². The average molecular weight is 324 g/mol. The van der Waals surface area contributed by atoms with Crippen LogP contribution in [0.1, 0.15) is 22.8 Å². The molecule has 0 spiro atoms. The quantitative estimate of drug-likeness (QED) is 0.807. The summed E-state index contributed by atoms with van der Waals surface area (Å²) in [6, 6.07) is 5.93. The Labute approximate surface area is 118 Å². The lowest BCUT2D eigenvalue weighted by molar-refractivity contribution is 0.103. The highest BCUT2D eigenvalue weighted by Gasteiger charge is 2.15. The third kappa shape index (κ3) is 2.98. The second-order valence-electron chi connectivity index (χ2n) is 3.77. The fourth-order valence-corrected chi connectivity index (χ4v) is 2.07. The monoisotopic (exact) mass is 323 g/mol. The Hall–Kier alpha value is -1.75. The van der Waals surface area contributed by atoms with E-state index in [1.54, 1.807) is 12.1 Å². The van der Waals surface area contributed by atoms with Crippen molar-refractivity contribution in [2.75, 3.05) is 6.61 Å². The molecule has 0 unspecified atom stereocenters. The summed E-state index contributed by atoms with van der Waals surface area (Å²) >= 11 is 3.08. The van der Waals surface area contributed by atoms with Crippen LogP contribution in [0.5, 0.6) is 5.75 Å². The van der Waals surface area contributed by atoms with Gasteiger partial charge in [0.05, 0.1) is 17.3 Å². The highest BCUT2D eigenvalue weighted by atomic mass is 79.9. The molecule has 0 aliphatic rings. The van der Waals surface area contributed by atoms with Gasteiger partial charge in [-0.2, -0.15) is 0 Å². The maximum atomic E-state index is 13.4. The number of rotatable bonds is 4. The van der Waals surface area contributed by atoms with Gasteiger partial charge in [0.2, 0.25) is 0 Å². The first-order valence-corrected chi connectivity index (χ1v) is 6.49. The normalized spacial score (nSPS) is 10.3. The van der Waals surface area contributed by atoms with Crippen molar-refractivity contribution in [3.63, 3.8) is 0 Å². The van der Waals surface area contributed by atoms with Gasteiger partial charge in [-0.15, -0.1) is 0 Å². The van der Waals surface area contributed by atoms with Crippen LogP contribution in [-0.4, -0.2) is 17.4 Å². The number of hydrogen-bond acceptors (Lipinski definition) is 3. The Morgan fingerprint density at radius 3 is 2.95 bits per heavy atom. The Kier molecular flexibility index (Phi) is 4.27. The summed E-state index contributed by atoms with van der Waals surface area (Å²) < 4.78 is 18.9. The average Bonchev–Trinajstić information content (AvgIpc) is 2.42. The number of pyridine rings is 1.